The zero-order valence-electron chi connectivity index (χ0n) is 12.7. The molecule has 0 saturated carbocycles. The van der Waals surface area contributed by atoms with E-state index < -0.39 is 0 Å². The molecule has 2 aromatic carbocycles. The molecule has 5 heteroatoms. The van der Waals surface area contributed by atoms with Crippen LogP contribution in [0.1, 0.15) is 21.8 Å². The van der Waals surface area contributed by atoms with Gasteiger partial charge in [-0.05, 0) is 31.2 Å². The molecule has 1 amide bonds. The molecule has 0 aliphatic heterocycles. The molecule has 0 aliphatic carbocycles. The molecule has 0 atom stereocenters. The van der Waals surface area contributed by atoms with Gasteiger partial charge in [-0.1, -0.05) is 35.5 Å². The summed E-state index contributed by atoms with van der Waals surface area (Å²) in [5.74, 6) is 1.00. The fourth-order valence-electron chi connectivity index (χ4n) is 2.14. The summed E-state index contributed by atoms with van der Waals surface area (Å²) in [7, 11) is 0. The number of amides is 1. The van der Waals surface area contributed by atoms with Crippen LogP contribution in [-0.2, 0) is 6.61 Å². The molecule has 116 valence electrons. The lowest BCUT2D eigenvalue weighted by Gasteiger charge is -2.10. The van der Waals surface area contributed by atoms with E-state index in [0.717, 1.165) is 11.4 Å². The molecule has 0 bridgehead atoms. The first kappa shape index (κ1) is 14.8. The van der Waals surface area contributed by atoms with E-state index >= 15 is 0 Å². The highest BCUT2D eigenvalue weighted by Crippen LogP contribution is 2.21. The minimum Gasteiger partial charge on any atom is -0.486 e. The van der Waals surface area contributed by atoms with Crippen molar-refractivity contribution in [3.05, 3.63) is 77.7 Å². The van der Waals surface area contributed by atoms with Crippen molar-refractivity contribution in [3.63, 3.8) is 0 Å². The number of rotatable bonds is 5. The van der Waals surface area contributed by atoms with Crippen LogP contribution in [0.2, 0.25) is 0 Å². The molecule has 1 heterocycles. The van der Waals surface area contributed by atoms with E-state index in [0.29, 0.717) is 17.0 Å². The van der Waals surface area contributed by atoms with Gasteiger partial charge in [-0.2, -0.15) is 0 Å². The van der Waals surface area contributed by atoms with Crippen LogP contribution in [0, 0.1) is 6.92 Å². The Kier molecular flexibility index (Phi) is 4.38. The predicted octanol–water partition coefficient (Wildman–Crippen LogP) is 3.81. The second-order valence-electron chi connectivity index (χ2n) is 5.03. The summed E-state index contributed by atoms with van der Waals surface area (Å²) in [5, 5.41) is 6.72. The monoisotopic (exact) mass is 308 g/mol. The number of carbonyl (C=O) groups excluding carboxylic acids is 1. The van der Waals surface area contributed by atoms with E-state index in [9.17, 15) is 4.79 Å². The van der Waals surface area contributed by atoms with Crippen molar-refractivity contribution in [1.29, 1.82) is 0 Å². The number of aryl methyl sites for hydroxylation is 1. The maximum absolute atomic E-state index is 12.4. The Morgan fingerprint density at radius 3 is 2.61 bits per heavy atom. The van der Waals surface area contributed by atoms with Crippen molar-refractivity contribution in [2.24, 2.45) is 0 Å². The van der Waals surface area contributed by atoms with Crippen LogP contribution in [-0.4, -0.2) is 11.1 Å². The average molecular weight is 308 g/mol. The van der Waals surface area contributed by atoms with Crippen molar-refractivity contribution in [2.45, 2.75) is 13.5 Å². The number of nitrogens with zero attached hydrogens (tertiary/aromatic N) is 1. The summed E-state index contributed by atoms with van der Waals surface area (Å²) in [6.45, 7) is 2.06. The molecule has 3 rings (SSSR count). The summed E-state index contributed by atoms with van der Waals surface area (Å²) >= 11 is 0. The Balaban J connectivity index is 1.73. The number of nitrogens with one attached hydrogen (secondary N) is 1. The number of hydrogen-bond donors (Lipinski definition) is 1. The van der Waals surface area contributed by atoms with Crippen molar-refractivity contribution in [3.8, 4) is 5.75 Å². The third-order valence-electron chi connectivity index (χ3n) is 3.22. The van der Waals surface area contributed by atoms with Gasteiger partial charge in [0, 0.05) is 11.8 Å². The molecule has 0 saturated heterocycles. The van der Waals surface area contributed by atoms with Crippen molar-refractivity contribution >= 4 is 11.6 Å². The second kappa shape index (κ2) is 6.79. The Labute approximate surface area is 133 Å². The van der Waals surface area contributed by atoms with E-state index in [-0.39, 0.29) is 12.5 Å². The summed E-state index contributed by atoms with van der Waals surface area (Å²) in [5.41, 5.74) is 1.89. The maximum Gasteiger partial charge on any atom is 0.259 e. The quantitative estimate of drug-likeness (QED) is 0.778. The highest BCUT2D eigenvalue weighted by atomic mass is 16.5. The van der Waals surface area contributed by atoms with Crippen LogP contribution in [0.25, 0.3) is 0 Å². The molecule has 0 spiro atoms. The molecule has 5 nitrogen and oxygen atoms in total. The minimum absolute atomic E-state index is 0.219. The Morgan fingerprint density at radius 1 is 1.13 bits per heavy atom. The summed E-state index contributed by atoms with van der Waals surface area (Å²) in [6, 6.07) is 18.2. The molecule has 23 heavy (non-hydrogen) atoms. The standard InChI is InChI=1S/C18H16N2O3/c1-13-11-15(20-23-13)12-22-17-10-6-5-9-16(17)18(21)19-14-7-3-2-4-8-14/h2-11H,12H2,1H3,(H,19,21). The lowest BCUT2D eigenvalue weighted by atomic mass is 10.2. The van der Waals surface area contributed by atoms with Gasteiger partial charge >= 0.3 is 0 Å². The SMILES string of the molecule is Cc1cc(COc2ccccc2C(=O)Nc2ccccc2)no1. The van der Waals surface area contributed by atoms with Crippen LogP contribution < -0.4 is 10.1 Å². The number of hydrogen-bond acceptors (Lipinski definition) is 4. The van der Waals surface area contributed by atoms with Crippen LogP contribution in [0.5, 0.6) is 5.75 Å². The fourth-order valence-corrected chi connectivity index (χ4v) is 2.14. The van der Waals surface area contributed by atoms with Gasteiger partial charge in [-0.25, -0.2) is 0 Å². The first-order valence-corrected chi connectivity index (χ1v) is 7.23. The van der Waals surface area contributed by atoms with Gasteiger partial charge in [0.1, 0.15) is 23.8 Å². The van der Waals surface area contributed by atoms with Gasteiger partial charge in [0.25, 0.3) is 5.91 Å². The third-order valence-corrected chi connectivity index (χ3v) is 3.22. The van der Waals surface area contributed by atoms with Gasteiger partial charge in [0.2, 0.25) is 0 Å². The highest BCUT2D eigenvalue weighted by molar-refractivity contribution is 6.06. The van der Waals surface area contributed by atoms with Crippen LogP contribution in [0.3, 0.4) is 0 Å². The molecule has 0 unspecified atom stereocenters. The first-order chi connectivity index (χ1) is 11.2. The molecule has 0 aliphatic rings. The lowest BCUT2D eigenvalue weighted by molar-refractivity contribution is 0.102. The lowest BCUT2D eigenvalue weighted by Crippen LogP contribution is -2.13. The number of ether oxygens (including phenoxy) is 1. The van der Waals surface area contributed by atoms with Crippen molar-refractivity contribution in [1.82, 2.24) is 5.16 Å². The normalized spacial score (nSPS) is 10.3. The second-order valence-corrected chi connectivity index (χ2v) is 5.03. The maximum atomic E-state index is 12.4. The molecule has 3 aromatic rings. The van der Waals surface area contributed by atoms with E-state index in [1.54, 1.807) is 24.3 Å². The first-order valence-electron chi connectivity index (χ1n) is 7.23. The average Bonchev–Trinajstić information content (AvgIpc) is 2.99. The molecule has 0 radical (unpaired) electrons. The molecule has 0 fully saturated rings. The zero-order chi connectivity index (χ0) is 16.1. The Hall–Kier alpha value is -3.08. The van der Waals surface area contributed by atoms with Gasteiger partial charge < -0.3 is 14.6 Å². The predicted molar refractivity (Wildman–Crippen MR) is 86.4 cm³/mol. The largest absolute Gasteiger partial charge is 0.486 e. The fraction of sp³-hybridized carbons (Fsp3) is 0.111. The zero-order valence-corrected chi connectivity index (χ0v) is 12.7. The van der Waals surface area contributed by atoms with E-state index in [4.69, 9.17) is 9.26 Å². The molecular weight excluding hydrogens is 292 g/mol. The summed E-state index contributed by atoms with van der Waals surface area (Å²) < 4.78 is 10.7. The van der Waals surface area contributed by atoms with Crippen LogP contribution in [0.4, 0.5) is 5.69 Å². The van der Waals surface area contributed by atoms with E-state index in [1.807, 2.05) is 43.3 Å². The van der Waals surface area contributed by atoms with Gasteiger partial charge in [-0.3, -0.25) is 4.79 Å². The molecule has 1 N–H and O–H groups in total. The Morgan fingerprint density at radius 2 is 1.87 bits per heavy atom. The minimum atomic E-state index is -0.219. The third kappa shape index (κ3) is 3.77. The van der Waals surface area contributed by atoms with Crippen LogP contribution in [0.15, 0.2) is 65.2 Å². The van der Waals surface area contributed by atoms with E-state index in [2.05, 4.69) is 10.5 Å². The topological polar surface area (TPSA) is 64.4 Å². The van der Waals surface area contributed by atoms with E-state index in [1.165, 1.54) is 0 Å². The van der Waals surface area contributed by atoms with Gasteiger partial charge in [0.15, 0.2) is 0 Å². The Bertz CT molecular complexity index is 797. The summed E-state index contributed by atoms with van der Waals surface area (Å²) in [4.78, 5) is 12.4. The van der Waals surface area contributed by atoms with Gasteiger partial charge in [0.05, 0.1) is 5.56 Å². The van der Waals surface area contributed by atoms with Gasteiger partial charge in [-0.15, -0.1) is 0 Å². The number of aromatic nitrogens is 1. The number of anilines is 1. The smallest absolute Gasteiger partial charge is 0.259 e. The van der Waals surface area contributed by atoms with Crippen molar-refractivity contribution in [2.75, 3.05) is 5.32 Å². The molecule has 1 aromatic heterocycles. The number of carbonyl (C=O) groups is 1. The highest BCUT2D eigenvalue weighted by Gasteiger charge is 2.13. The molecular formula is C18H16N2O3. The van der Waals surface area contributed by atoms with Crippen LogP contribution >= 0.6 is 0 Å². The number of para-hydroxylation sites is 2. The number of benzene rings is 2. The van der Waals surface area contributed by atoms with Crippen molar-refractivity contribution < 1.29 is 14.1 Å². The summed E-state index contributed by atoms with van der Waals surface area (Å²) in [6.07, 6.45) is 0.